The standard InChI is InChI=1S/C11H19N5O/c1-16(2)7-3-6-13-11(17)9-4-5-10(15-12)14-8-9/h4-5,8H,3,6-7,12H2,1-2H3,(H,13,17)(H,14,15). The van der Waals surface area contributed by atoms with Crippen LogP contribution in [0.1, 0.15) is 16.8 Å². The van der Waals surface area contributed by atoms with Crippen LogP contribution in [0.3, 0.4) is 0 Å². The molecule has 0 aliphatic heterocycles. The Morgan fingerprint density at radius 3 is 2.76 bits per heavy atom. The third-order valence-corrected chi connectivity index (χ3v) is 2.24. The van der Waals surface area contributed by atoms with Crippen LogP contribution < -0.4 is 16.6 Å². The second kappa shape index (κ2) is 6.82. The lowest BCUT2D eigenvalue weighted by Crippen LogP contribution is -2.27. The SMILES string of the molecule is CN(C)CCCNC(=O)c1ccc(NN)nc1. The monoisotopic (exact) mass is 237 g/mol. The van der Waals surface area contributed by atoms with Gasteiger partial charge in [0.1, 0.15) is 5.82 Å². The molecule has 1 aromatic heterocycles. The molecule has 0 aliphatic rings. The van der Waals surface area contributed by atoms with Crippen molar-refractivity contribution in [2.45, 2.75) is 6.42 Å². The summed E-state index contributed by atoms with van der Waals surface area (Å²) in [5.74, 6) is 5.61. The smallest absolute Gasteiger partial charge is 0.252 e. The van der Waals surface area contributed by atoms with Crippen molar-refractivity contribution >= 4 is 11.7 Å². The number of anilines is 1. The van der Waals surface area contributed by atoms with Crippen LogP contribution in [0.4, 0.5) is 5.82 Å². The maximum absolute atomic E-state index is 11.7. The number of pyridine rings is 1. The first-order valence-corrected chi connectivity index (χ1v) is 5.49. The lowest BCUT2D eigenvalue weighted by Gasteiger charge is -2.09. The van der Waals surface area contributed by atoms with Gasteiger partial charge in [0.25, 0.3) is 5.91 Å². The normalized spacial score (nSPS) is 10.4. The van der Waals surface area contributed by atoms with Crippen LogP contribution in [0.25, 0.3) is 0 Å². The average Bonchev–Trinajstić information content (AvgIpc) is 2.34. The van der Waals surface area contributed by atoms with Crippen LogP contribution in [0.5, 0.6) is 0 Å². The average molecular weight is 237 g/mol. The van der Waals surface area contributed by atoms with Crippen LogP contribution in [-0.4, -0.2) is 43.0 Å². The molecule has 6 heteroatoms. The number of nitrogens with zero attached hydrogens (tertiary/aromatic N) is 2. The van der Waals surface area contributed by atoms with Gasteiger partial charge in [-0.25, -0.2) is 10.8 Å². The molecule has 0 bridgehead atoms. The Labute approximate surface area is 101 Å². The molecule has 94 valence electrons. The number of nitrogens with two attached hydrogens (primary N) is 1. The molecule has 1 rings (SSSR count). The number of rotatable bonds is 6. The van der Waals surface area contributed by atoms with Gasteiger partial charge in [0.05, 0.1) is 5.56 Å². The predicted molar refractivity (Wildman–Crippen MR) is 67.6 cm³/mol. The summed E-state index contributed by atoms with van der Waals surface area (Å²) in [6.45, 7) is 1.61. The predicted octanol–water partition coefficient (Wildman–Crippen LogP) is 0.0487. The number of nitrogen functional groups attached to an aromatic ring is 1. The second-order valence-corrected chi connectivity index (χ2v) is 3.99. The Hall–Kier alpha value is -1.66. The molecule has 4 N–H and O–H groups in total. The number of hydrogen-bond acceptors (Lipinski definition) is 5. The van der Waals surface area contributed by atoms with E-state index in [1.807, 2.05) is 14.1 Å². The second-order valence-electron chi connectivity index (χ2n) is 3.99. The van der Waals surface area contributed by atoms with Gasteiger partial charge in [0.15, 0.2) is 0 Å². The Balaban J connectivity index is 2.36. The van der Waals surface area contributed by atoms with Crippen molar-refractivity contribution in [3.05, 3.63) is 23.9 Å². The largest absolute Gasteiger partial charge is 0.352 e. The number of hydrogen-bond donors (Lipinski definition) is 3. The van der Waals surface area contributed by atoms with E-state index in [4.69, 9.17) is 5.84 Å². The molecule has 6 nitrogen and oxygen atoms in total. The Morgan fingerprint density at radius 1 is 1.47 bits per heavy atom. The molecule has 0 radical (unpaired) electrons. The molecule has 0 fully saturated rings. The number of aromatic nitrogens is 1. The molecule has 0 aromatic carbocycles. The van der Waals surface area contributed by atoms with Crippen LogP contribution in [0.15, 0.2) is 18.3 Å². The summed E-state index contributed by atoms with van der Waals surface area (Å²) >= 11 is 0. The molecule has 0 aliphatic carbocycles. The molecule has 1 aromatic rings. The van der Waals surface area contributed by atoms with E-state index >= 15 is 0 Å². The third-order valence-electron chi connectivity index (χ3n) is 2.24. The molecule has 0 unspecified atom stereocenters. The van der Waals surface area contributed by atoms with Gasteiger partial charge in [-0.3, -0.25) is 4.79 Å². The topological polar surface area (TPSA) is 83.3 Å². The van der Waals surface area contributed by atoms with Crippen molar-refractivity contribution in [1.82, 2.24) is 15.2 Å². The zero-order chi connectivity index (χ0) is 12.7. The van der Waals surface area contributed by atoms with E-state index in [9.17, 15) is 4.79 Å². The van der Waals surface area contributed by atoms with E-state index in [2.05, 4.69) is 20.6 Å². The van der Waals surface area contributed by atoms with E-state index in [1.54, 1.807) is 12.1 Å². The highest BCUT2D eigenvalue weighted by Gasteiger charge is 2.04. The highest BCUT2D eigenvalue weighted by atomic mass is 16.1. The Morgan fingerprint density at radius 2 is 2.24 bits per heavy atom. The quantitative estimate of drug-likeness (QED) is 0.370. The minimum absolute atomic E-state index is 0.111. The number of amides is 1. The lowest BCUT2D eigenvalue weighted by atomic mass is 10.2. The third kappa shape index (κ3) is 4.80. The van der Waals surface area contributed by atoms with Gasteiger partial charge in [-0.05, 0) is 39.2 Å². The zero-order valence-corrected chi connectivity index (χ0v) is 10.2. The van der Waals surface area contributed by atoms with Crippen LogP contribution >= 0.6 is 0 Å². The van der Waals surface area contributed by atoms with E-state index in [0.29, 0.717) is 17.9 Å². The molecule has 0 saturated carbocycles. The van der Waals surface area contributed by atoms with Gasteiger partial charge < -0.3 is 15.6 Å². The van der Waals surface area contributed by atoms with Crippen molar-refractivity contribution in [2.75, 3.05) is 32.6 Å². The van der Waals surface area contributed by atoms with Crippen molar-refractivity contribution in [3.8, 4) is 0 Å². The summed E-state index contributed by atoms with van der Waals surface area (Å²) in [6, 6.07) is 3.35. The zero-order valence-electron chi connectivity index (χ0n) is 10.2. The van der Waals surface area contributed by atoms with Crippen molar-refractivity contribution in [3.63, 3.8) is 0 Å². The fourth-order valence-corrected chi connectivity index (χ4v) is 1.31. The van der Waals surface area contributed by atoms with Gasteiger partial charge in [-0.2, -0.15) is 0 Å². The van der Waals surface area contributed by atoms with Gasteiger partial charge in [-0.1, -0.05) is 0 Å². The highest BCUT2D eigenvalue weighted by Crippen LogP contribution is 2.03. The first-order chi connectivity index (χ1) is 8.13. The summed E-state index contributed by atoms with van der Waals surface area (Å²) in [7, 11) is 4.01. The molecule has 17 heavy (non-hydrogen) atoms. The van der Waals surface area contributed by atoms with Crippen molar-refractivity contribution in [1.29, 1.82) is 0 Å². The molecule has 1 amide bonds. The minimum atomic E-state index is -0.111. The molecule has 0 spiro atoms. The van der Waals surface area contributed by atoms with Gasteiger partial charge in [0, 0.05) is 12.7 Å². The molecule has 0 atom stereocenters. The maximum atomic E-state index is 11.7. The summed E-state index contributed by atoms with van der Waals surface area (Å²) in [4.78, 5) is 17.7. The summed E-state index contributed by atoms with van der Waals surface area (Å²) in [5, 5.41) is 2.83. The van der Waals surface area contributed by atoms with Crippen LogP contribution in [0.2, 0.25) is 0 Å². The molecular formula is C11H19N5O. The van der Waals surface area contributed by atoms with Crippen molar-refractivity contribution in [2.24, 2.45) is 5.84 Å². The summed E-state index contributed by atoms with van der Waals surface area (Å²) in [6.07, 6.45) is 2.42. The first kappa shape index (κ1) is 13.4. The summed E-state index contributed by atoms with van der Waals surface area (Å²) < 4.78 is 0. The lowest BCUT2D eigenvalue weighted by molar-refractivity contribution is 0.0952. The summed E-state index contributed by atoms with van der Waals surface area (Å²) in [5.41, 5.74) is 2.95. The molecule has 1 heterocycles. The van der Waals surface area contributed by atoms with E-state index in [-0.39, 0.29) is 5.91 Å². The van der Waals surface area contributed by atoms with E-state index < -0.39 is 0 Å². The fraction of sp³-hybridized carbons (Fsp3) is 0.455. The maximum Gasteiger partial charge on any atom is 0.252 e. The number of carbonyl (C=O) groups is 1. The number of hydrazine groups is 1. The molecule has 0 saturated heterocycles. The number of carbonyl (C=O) groups excluding carboxylic acids is 1. The van der Waals surface area contributed by atoms with Crippen LogP contribution in [-0.2, 0) is 0 Å². The number of nitrogens with one attached hydrogen (secondary N) is 2. The van der Waals surface area contributed by atoms with Gasteiger partial charge in [0.2, 0.25) is 0 Å². The first-order valence-electron chi connectivity index (χ1n) is 5.49. The van der Waals surface area contributed by atoms with Crippen LogP contribution in [0, 0.1) is 0 Å². The van der Waals surface area contributed by atoms with E-state index in [1.165, 1.54) is 6.20 Å². The fourth-order valence-electron chi connectivity index (χ4n) is 1.31. The molecular weight excluding hydrogens is 218 g/mol. The van der Waals surface area contributed by atoms with E-state index in [0.717, 1.165) is 13.0 Å². The van der Waals surface area contributed by atoms with Gasteiger partial charge >= 0.3 is 0 Å². The van der Waals surface area contributed by atoms with Crippen molar-refractivity contribution < 1.29 is 4.79 Å². The minimum Gasteiger partial charge on any atom is -0.352 e. The Bertz CT molecular complexity index is 349. The van der Waals surface area contributed by atoms with Gasteiger partial charge in [-0.15, -0.1) is 0 Å². The highest BCUT2D eigenvalue weighted by molar-refractivity contribution is 5.93. The Kier molecular flexibility index (Phi) is 5.38.